The van der Waals surface area contributed by atoms with E-state index in [-0.39, 0.29) is 17.8 Å². The van der Waals surface area contributed by atoms with Crippen molar-refractivity contribution in [2.24, 2.45) is 5.92 Å². The van der Waals surface area contributed by atoms with Crippen molar-refractivity contribution in [1.82, 2.24) is 0 Å². The first kappa shape index (κ1) is 22.1. The minimum atomic E-state index is -0.497. The maximum Gasteiger partial charge on any atom is 0.336 e. The molecule has 5 nitrogen and oxygen atoms in total. The van der Waals surface area contributed by atoms with Crippen LogP contribution >= 0.6 is 0 Å². The van der Waals surface area contributed by atoms with E-state index in [1.54, 1.807) is 0 Å². The Morgan fingerprint density at radius 2 is 1.83 bits per heavy atom. The zero-order chi connectivity index (χ0) is 22.2. The molecule has 0 amide bonds. The maximum absolute atomic E-state index is 13.2. The first-order chi connectivity index (χ1) is 14.2. The summed E-state index contributed by atoms with van der Waals surface area (Å²) in [5, 5.41) is 0. The van der Waals surface area contributed by atoms with Crippen LogP contribution in [0.4, 0.5) is 0 Å². The van der Waals surface area contributed by atoms with Gasteiger partial charge in [-0.2, -0.15) is 0 Å². The highest BCUT2D eigenvalue weighted by atomic mass is 16.5. The molecule has 4 aliphatic rings. The molecule has 2 unspecified atom stereocenters. The van der Waals surface area contributed by atoms with E-state index in [0.29, 0.717) is 29.3 Å². The number of esters is 1. The number of fused-ring (bicyclic) bond motifs is 4. The second-order valence-electron chi connectivity index (χ2n) is 8.38. The number of ether oxygens (including phenoxy) is 3. The van der Waals surface area contributed by atoms with Gasteiger partial charge in [0.15, 0.2) is 5.78 Å². The molecule has 0 aromatic heterocycles. The van der Waals surface area contributed by atoms with E-state index >= 15 is 0 Å². The largest absolute Gasteiger partial charge is 0.488 e. The van der Waals surface area contributed by atoms with Crippen molar-refractivity contribution >= 4 is 11.8 Å². The predicted octanol–water partition coefficient (Wildman–Crippen LogP) is 5.45. The Labute approximate surface area is 179 Å². The lowest BCUT2D eigenvalue weighted by molar-refractivity contribution is -0.134. The van der Waals surface area contributed by atoms with E-state index in [0.717, 1.165) is 29.6 Å². The summed E-state index contributed by atoms with van der Waals surface area (Å²) in [7, 11) is 0. The molecule has 30 heavy (non-hydrogen) atoms. The van der Waals surface area contributed by atoms with E-state index in [4.69, 9.17) is 14.2 Å². The molecule has 3 aliphatic heterocycles. The molecule has 2 atom stereocenters. The molecular formula is C25H32O5. The summed E-state index contributed by atoms with van der Waals surface area (Å²) in [5.74, 6) is 0.698. The van der Waals surface area contributed by atoms with E-state index in [1.165, 1.54) is 6.08 Å². The molecule has 0 aromatic carbocycles. The second kappa shape index (κ2) is 8.29. The second-order valence-corrected chi connectivity index (χ2v) is 8.38. The Morgan fingerprint density at radius 3 is 2.50 bits per heavy atom. The van der Waals surface area contributed by atoms with Gasteiger partial charge in [0.1, 0.15) is 29.0 Å². The van der Waals surface area contributed by atoms with Gasteiger partial charge in [-0.25, -0.2) is 4.79 Å². The number of allylic oxidation sites excluding steroid dienone is 4. The summed E-state index contributed by atoms with van der Waals surface area (Å²) >= 11 is 0. The smallest absolute Gasteiger partial charge is 0.336 e. The minimum absolute atomic E-state index is 0.0539. The fourth-order valence-corrected chi connectivity index (χ4v) is 4.02. The summed E-state index contributed by atoms with van der Waals surface area (Å²) in [5.41, 5.74) is 2.44. The van der Waals surface area contributed by atoms with Crippen LogP contribution in [0.1, 0.15) is 67.7 Å². The molecule has 0 aromatic rings. The third-order valence-corrected chi connectivity index (χ3v) is 5.71. The van der Waals surface area contributed by atoms with Crippen molar-refractivity contribution in [1.29, 1.82) is 0 Å². The van der Waals surface area contributed by atoms with Gasteiger partial charge in [-0.15, -0.1) is 0 Å². The lowest BCUT2D eigenvalue weighted by atomic mass is 9.88. The van der Waals surface area contributed by atoms with E-state index in [1.807, 2.05) is 53.7 Å². The third-order valence-electron chi connectivity index (χ3n) is 5.71. The Morgan fingerprint density at radius 1 is 1.13 bits per heavy atom. The Bertz CT molecular complexity index is 923. The van der Waals surface area contributed by atoms with Gasteiger partial charge < -0.3 is 14.2 Å². The summed E-state index contributed by atoms with van der Waals surface area (Å²) in [6, 6.07) is 0. The van der Waals surface area contributed by atoms with Crippen molar-refractivity contribution in [2.45, 2.75) is 79.4 Å². The standard InChI is InChI=1S/C23H26O5.C2H6/c1-6-7-14-10-18(24)27-17-11-16(14)21-15(8-9-23(4,5)28-21)22-19(17)20(25)12(2)13(3)26-22;1-2/h8-10,12-13H,6-7,11H2,1-5H3;1-2H3. The zero-order valence-electron chi connectivity index (χ0n) is 19.0. The highest BCUT2D eigenvalue weighted by molar-refractivity contribution is 6.03. The predicted molar refractivity (Wildman–Crippen MR) is 115 cm³/mol. The molecule has 0 spiro atoms. The molecule has 5 heteroatoms. The number of hydrogen-bond acceptors (Lipinski definition) is 5. The molecule has 0 N–H and O–H groups in total. The van der Waals surface area contributed by atoms with Crippen LogP contribution in [0.25, 0.3) is 0 Å². The average molecular weight is 413 g/mol. The molecule has 1 saturated heterocycles. The number of carbonyl (C=O) groups excluding carboxylic acids is 2. The summed E-state index contributed by atoms with van der Waals surface area (Å²) in [4.78, 5) is 25.6. The van der Waals surface area contributed by atoms with Crippen molar-refractivity contribution < 1.29 is 23.8 Å². The van der Waals surface area contributed by atoms with Crippen molar-refractivity contribution in [3.8, 4) is 0 Å². The molecule has 162 valence electrons. The third kappa shape index (κ3) is 3.78. The van der Waals surface area contributed by atoms with Gasteiger partial charge in [0.2, 0.25) is 0 Å². The first-order valence-electron chi connectivity index (χ1n) is 10.9. The number of rotatable bonds is 2. The SMILES string of the molecule is CC.CCCC1=CC(=O)OC2=C3C(=O)C(C)C(C)OC3=C3C=CC(C)(C)OC3=C1C2. The van der Waals surface area contributed by atoms with Gasteiger partial charge in [0, 0.05) is 18.1 Å². The molecule has 4 rings (SSSR count). The topological polar surface area (TPSA) is 61.8 Å². The van der Waals surface area contributed by atoms with Crippen molar-refractivity contribution in [3.05, 3.63) is 57.8 Å². The summed E-state index contributed by atoms with van der Waals surface area (Å²) < 4.78 is 18.2. The molecule has 3 heterocycles. The molecular weight excluding hydrogens is 380 g/mol. The van der Waals surface area contributed by atoms with Crippen molar-refractivity contribution in [3.63, 3.8) is 0 Å². The van der Waals surface area contributed by atoms with Gasteiger partial charge in [-0.05, 0) is 44.9 Å². The Hall–Kier alpha value is -2.56. The van der Waals surface area contributed by atoms with E-state index in [9.17, 15) is 9.59 Å². The Kier molecular flexibility index (Phi) is 6.11. The van der Waals surface area contributed by atoms with Crippen LogP contribution in [-0.4, -0.2) is 23.5 Å². The van der Waals surface area contributed by atoms with E-state index in [2.05, 4.69) is 6.92 Å². The van der Waals surface area contributed by atoms with Crippen LogP contribution in [0.2, 0.25) is 0 Å². The lowest BCUT2D eigenvalue weighted by Crippen LogP contribution is -2.35. The number of hydrogen-bond donors (Lipinski definition) is 0. The lowest BCUT2D eigenvalue weighted by Gasteiger charge is -2.34. The minimum Gasteiger partial charge on any atom is -0.488 e. The molecule has 0 radical (unpaired) electrons. The van der Waals surface area contributed by atoms with Gasteiger partial charge >= 0.3 is 5.97 Å². The summed E-state index contributed by atoms with van der Waals surface area (Å²) in [6.45, 7) is 13.8. The zero-order valence-corrected chi connectivity index (χ0v) is 19.0. The van der Waals surface area contributed by atoms with Gasteiger partial charge in [0.25, 0.3) is 0 Å². The number of Topliss-reactive ketones (excluding diaryl/α,β-unsaturated/α-hetero) is 1. The fraction of sp³-hybridized carbons (Fsp3) is 0.520. The molecule has 2 bridgehead atoms. The van der Waals surface area contributed by atoms with Gasteiger partial charge in [-0.1, -0.05) is 34.1 Å². The van der Waals surface area contributed by atoms with Crippen LogP contribution in [0.5, 0.6) is 0 Å². The van der Waals surface area contributed by atoms with Crippen LogP contribution in [0.15, 0.2) is 57.8 Å². The maximum atomic E-state index is 13.2. The first-order valence-corrected chi connectivity index (χ1v) is 10.9. The van der Waals surface area contributed by atoms with Gasteiger partial charge in [0.05, 0.1) is 17.1 Å². The van der Waals surface area contributed by atoms with Crippen LogP contribution in [0, 0.1) is 5.92 Å². The molecule has 0 saturated carbocycles. The highest BCUT2D eigenvalue weighted by Crippen LogP contribution is 2.46. The number of ketones is 1. The van der Waals surface area contributed by atoms with Gasteiger partial charge in [-0.3, -0.25) is 4.79 Å². The quantitative estimate of drug-likeness (QED) is 0.564. The number of carbonyl (C=O) groups is 2. The Balaban J connectivity index is 0.00000124. The average Bonchev–Trinajstić information content (AvgIpc) is 2.92. The molecule has 1 fully saturated rings. The molecule has 1 aliphatic carbocycles. The van der Waals surface area contributed by atoms with Crippen LogP contribution in [0.3, 0.4) is 0 Å². The highest BCUT2D eigenvalue weighted by Gasteiger charge is 2.43. The van der Waals surface area contributed by atoms with Crippen molar-refractivity contribution in [2.75, 3.05) is 0 Å². The monoisotopic (exact) mass is 412 g/mol. The van der Waals surface area contributed by atoms with Crippen LogP contribution in [-0.2, 0) is 23.8 Å². The van der Waals surface area contributed by atoms with E-state index < -0.39 is 11.6 Å². The fourth-order valence-electron chi connectivity index (χ4n) is 4.02. The van der Waals surface area contributed by atoms with Crippen LogP contribution < -0.4 is 0 Å². The summed E-state index contributed by atoms with van der Waals surface area (Å²) in [6.07, 6.45) is 7.17. The normalized spacial score (nSPS) is 26.8.